The number of rotatable bonds is 3. The number of aromatic nitrogens is 2. The number of carboxylic acids is 1. The van der Waals surface area contributed by atoms with E-state index in [1.54, 1.807) is 19.2 Å². The maximum Gasteiger partial charge on any atom is 0.341 e. The van der Waals surface area contributed by atoms with Crippen molar-refractivity contribution in [2.45, 2.75) is 6.04 Å². The normalized spacial score (nSPS) is 16.5. The third-order valence-electron chi connectivity index (χ3n) is 6.01. The highest BCUT2D eigenvalue weighted by molar-refractivity contribution is 5.96. The summed E-state index contributed by atoms with van der Waals surface area (Å²) in [5, 5.41) is 13.1. The molecular weight excluding hydrogens is 430 g/mol. The second-order valence-electron chi connectivity index (χ2n) is 8.15. The number of carbonyl (C=O) groups is 1. The Kier molecular flexibility index (Phi) is 5.05. The van der Waals surface area contributed by atoms with Crippen LogP contribution in [0.15, 0.2) is 53.5 Å². The summed E-state index contributed by atoms with van der Waals surface area (Å²) in [6.07, 6.45) is 1.23. The predicted molar refractivity (Wildman–Crippen MR) is 121 cm³/mol. The number of nitrogens with zero attached hydrogens (tertiary/aromatic N) is 3. The lowest BCUT2D eigenvalue weighted by molar-refractivity contribution is 0.0695. The van der Waals surface area contributed by atoms with Crippen LogP contribution in [0.4, 0.5) is 14.5 Å². The molecule has 9 heteroatoms. The molecule has 0 aliphatic carbocycles. The van der Waals surface area contributed by atoms with Gasteiger partial charge < -0.3 is 19.9 Å². The number of aromatic carboxylic acids is 1. The molecule has 1 aliphatic heterocycles. The number of hydrogen-bond acceptors (Lipinski definition) is 5. The Balaban J connectivity index is 1.58. The first-order valence-corrected chi connectivity index (χ1v) is 10.4. The first-order valence-electron chi connectivity index (χ1n) is 10.4. The molecule has 2 aromatic carbocycles. The predicted octanol–water partition coefficient (Wildman–Crippen LogP) is 3.21. The van der Waals surface area contributed by atoms with Crippen molar-refractivity contribution in [3.05, 3.63) is 81.6 Å². The van der Waals surface area contributed by atoms with Gasteiger partial charge in [-0.15, -0.1) is 0 Å². The number of carboxylic acid groups (broad SMARTS) is 1. The van der Waals surface area contributed by atoms with Crippen LogP contribution in [-0.4, -0.2) is 40.3 Å². The topological polar surface area (TPSA) is 87.5 Å². The summed E-state index contributed by atoms with van der Waals surface area (Å²) in [6.45, 7) is 1.60. The van der Waals surface area contributed by atoms with Crippen molar-refractivity contribution in [3.8, 4) is 0 Å². The van der Waals surface area contributed by atoms with E-state index in [1.807, 2.05) is 11.0 Å². The lowest BCUT2D eigenvalue weighted by Crippen LogP contribution is -2.46. The monoisotopic (exact) mass is 450 g/mol. The minimum absolute atomic E-state index is 0.116. The molecule has 4 aromatic rings. The molecule has 168 valence electrons. The second-order valence-corrected chi connectivity index (χ2v) is 8.15. The fourth-order valence-corrected chi connectivity index (χ4v) is 4.38. The van der Waals surface area contributed by atoms with Crippen LogP contribution in [0, 0.1) is 11.6 Å². The SMILES string of the molecule is Cn1cc(C(=O)O)c(=O)c2cc3cc(F)c(N4CCNC(c5cccc(F)c5)C4)cc3nc21. The van der Waals surface area contributed by atoms with Gasteiger partial charge in [0.15, 0.2) is 0 Å². The van der Waals surface area contributed by atoms with Gasteiger partial charge in [-0.05, 0) is 35.9 Å². The number of anilines is 1. The molecule has 0 saturated carbocycles. The van der Waals surface area contributed by atoms with Gasteiger partial charge in [-0.2, -0.15) is 0 Å². The van der Waals surface area contributed by atoms with Gasteiger partial charge in [-0.1, -0.05) is 12.1 Å². The van der Waals surface area contributed by atoms with Crippen molar-refractivity contribution in [2.75, 3.05) is 24.5 Å². The largest absolute Gasteiger partial charge is 0.477 e. The van der Waals surface area contributed by atoms with E-state index >= 15 is 4.39 Å². The zero-order valence-electron chi connectivity index (χ0n) is 17.7. The summed E-state index contributed by atoms with van der Waals surface area (Å²) in [5.41, 5.74) is 0.923. The molecular formula is C24H20F2N4O3. The molecule has 5 rings (SSSR count). The van der Waals surface area contributed by atoms with Crippen molar-refractivity contribution in [1.82, 2.24) is 14.9 Å². The molecule has 1 unspecified atom stereocenters. The van der Waals surface area contributed by atoms with Gasteiger partial charge in [0, 0.05) is 44.3 Å². The number of fused-ring (bicyclic) bond motifs is 2. The number of aryl methyl sites for hydroxylation is 1. The van der Waals surface area contributed by atoms with E-state index in [9.17, 15) is 19.1 Å². The third-order valence-corrected chi connectivity index (χ3v) is 6.01. The van der Waals surface area contributed by atoms with E-state index in [2.05, 4.69) is 10.3 Å². The molecule has 0 bridgehead atoms. The summed E-state index contributed by atoms with van der Waals surface area (Å²) >= 11 is 0. The summed E-state index contributed by atoms with van der Waals surface area (Å²) in [6, 6.07) is 10.6. The number of benzene rings is 2. The Bertz CT molecular complexity index is 1480. The zero-order valence-corrected chi connectivity index (χ0v) is 17.7. The molecule has 2 aromatic heterocycles. The molecule has 3 heterocycles. The van der Waals surface area contributed by atoms with E-state index in [-0.39, 0.29) is 22.8 Å². The van der Waals surface area contributed by atoms with Crippen molar-refractivity contribution < 1.29 is 18.7 Å². The van der Waals surface area contributed by atoms with Crippen LogP contribution >= 0.6 is 0 Å². The van der Waals surface area contributed by atoms with Crippen molar-refractivity contribution in [1.29, 1.82) is 0 Å². The fourth-order valence-electron chi connectivity index (χ4n) is 4.38. The molecule has 1 saturated heterocycles. The van der Waals surface area contributed by atoms with Gasteiger partial charge in [0.2, 0.25) is 5.43 Å². The smallest absolute Gasteiger partial charge is 0.341 e. The second kappa shape index (κ2) is 7.93. The van der Waals surface area contributed by atoms with Crippen LogP contribution in [0.2, 0.25) is 0 Å². The summed E-state index contributed by atoms with van der Waals surface area (Å²) in [7, 11) is 1.61. The van der Waals surface area contributed by atoms with Gasteiger partial charge >= 0.3 is 5.97 Å². The van der Waals surface area contributed by atoms with E-state index < -0.39 is 17.2 Å². The Morgan fingerprint density at radius 1 is 1.21 bits per heavy atom. The maximum atomic E-state index is 15.2. The van der Waals surface area contributed by atoms with Crippen LogP contribution in [-0.2, 0) is 7.05 Å². The van der Waals surface area contributed by atoms with Crippen LogP contribution in [0.3, 0.4) is 0 Å². The molecule has 7 nitrogen and oxygen atoms in total. The van der Waals surface area contributed by atoms with E-state index in [0.29, 0.717) is 41.9 Å². The standard InChI is InChI=1S/C24H20F2N4O3/c1-29-11-17(24(32)33)22(31)16-8-14-9-18(26)21(10-19(14)28-23(16)29)30-6-5-27-20(12-30)13-3-2-4-15(25)7-13/h2-4,7-11,20,27H,5-6,12H2,1H3,(H,32,33). The van der Waals surface area contributed by atoms with Gasteiger partial charge in [-0.25, -0.2) is 18.6 Å². The number of piperazine rings is 1. The fraction of sp³-hybridized carbons (Fsp3) is 0.208. The number of pyridine rings is 2. The number of hydrogen-bond donors (Lipinski definition) is 2. The lowest BCUT2D eigenvalue weighted by Gasteiger charge is -2.35. The molecule has 0 radical (unpaired) electrons. The first kappa shape index (κ1) is 21.0. The molecule has 1 atom stereocenters. The van der Waals surface area contributed by atoms with Crippen LogP contribution < -0.4 is 15.6 Å². The number of nitrogens with one attached hydrogen (secondary N) is 1. The van der Waals surface area contributed by atoms with Crippen LogP contribution in [0.1, 0.15) is 22.0 Å². The molecule has 0 spiro atoms. The minimum atomic E-state index is -1.33. The first-order chi connectivity index (χ1) is 15.8. The minimum Gasteiger partial charge on any atom is -0.477 e. The average molecular weight is 450 g/mol. The highest BCUT2D eigenvalue weighted by atomic mass is 19.1. The molecule has 2 N–H and O–H groups in total. The van der Waals surface area contributed by atoms with Crippen molar-refractivity contribution in [3.63, 3.8) is 0 Å². The van der Waals surface area contributed by atoms with Crippen LogP contribution in [0.5, 0.6) is 0 Å². The van der Waals surface area contributed by atoms with E-state index in [0.717, 1.165) is 5.56 Å². The highest BCUT2D eigenvalue weighted by Crippen LogP contribution is 2.29. The quantitative estimate of drug-likeness (QED) is 0.466. The van der Waals surface area contributed by atoms with Crippen molar-refractivity contribution in [2.24, 2.45) is 7.05 Å². The summed E-state index contributed by atoms with van der Waals surface area (Å²) < 4.78 is 30.3. The Morgan fingerprint density at radius 2 is 2.03 bits per heavy atom. The molecule has 33 heavy (non-hydrogen) atoms. The summed E-state index contributed by atoms with van der Waals surface area (Å²) in [4.78, 5) is 30.4. The maximum absolute atomic E-state index is 15.2. The third kappa shape index (κ3) is 3.70. The van der Waals surface area contributed by atoms with Crippen LogP contribution in [0.25, 0.3) is 21.9 Å². The highest BCUT2D eigenvalue weighted by Gasteiger charge is 2.24. The van der Waals surface area contributed by atoms with Gasteiger partial charge in [0.25, 0.3) is 0 Å². The Morgan fingerprint density at radius 3 is 2.79 bits per heavy atom. The number of halogens is 2. The average Bonchev–Trinajstić information content (AvgIpc) is 2.80. The van der Waals surface area contributed by atoms with Gasteiger partial charge in [0.05, 0.1) is 16.6 Å². The lowest BCUT2D eigenvalue weighted by atomic mass is 10.0. The summed E-state index contributed by atoms with van der Waals surface area (Å²) in [5.74, 6) is -2.13. The zero-order chi connectivity index (χ0) is 23.3. The van der Waals surface area contributed by atoms with E-state index in [1.165, 1.54) is 35.0 Å². The Hall–Kier alpha value is -3.85. The molecule has 1 fully saturated rings. The Labute approximate surface area is 186 Å². The molecule has 0 amide bonds. The van der Waals surface area contributed by atoms with Gasteiger partial charge in [-0.3, -0.25) is 4.79 Å². The van der Waals surface area contributed by atoms with Gasteiger partial charge in [0.1, 0.15) is 22.8 Å². The molecule has 1 aliphatic rings. The van der Waals surface area contributed by atoms with E-state index in [4.69, 9.17) is 0 Å². The van der Waals surface area contributed by atoms with Crippen molar-refractivity contribution >= 4 is 33.6 Å².